The molecular weight excluding hydrogens is 266 g/mol. The highest BCUT2D eigenvalue weighted by Gasteiger charge is 1.95. The van der Waals surface area contributed by atoms with Crippen LogP contribution in [-0.2, 0) is 0 Å². The zero-order valence-electron chi connectivity index (χ0n) is 10.7. The monoisotopic (exact) mass is 279 g/mol. The highest BCUT2D eigenvalue weighted by Crippen LogP contribution is 2.20. The van der Waals surface area contributed by atoms with Crippen LogP contribution in [0.4, 0.5) is 0 Å². The molecule has 4 rings (SSSR count). The molecule has 0 saturated carbocycles. The fraction of sp³-hybridized carbons (Fsp3) is 0. The Balaban J connectivity index is 0.000000123. The molecule has 1 N–H and O–H groups in total. The van der Waals surface area contributed by atoms with Gasteiger partial charge in [0.05, 0.1) is 17.4 Å². The second kappa shape index (κ2) is 6.12. The van der Waals surface area contributed by atoms with Crippen molar-refractivity contribution in [1.29, 1.82) is 0 Å². The van der Waals surface area contributed by atoms with Crippen molar-refractivity contribution in [2.75, 3.05) is 0 Å². The molecule has 2 aromatic heterocycles. The van der Waals surface area contributed by atoms with Crippen LogP contribution >= 0.6 is 11.3 Å². The molecular formula is C16H13N3S. The van der Waals surface area contributed by atoms with Gasteiger partial charge in [0.2, 0.25) is 0 Å². The molecule has 98 valence electrons. The van der Waals surface area contributed by atoms with Gasteiger partial charge in [-0.15, -0.1) is 11.3 Å². The second-order valence-electron chi connectivity index (χ2n) is 4.12. The maximum Gasteiger partial charge on any atom is 0.123 e. The van der Waals surface area contributed by atoms with Crippen molar-refractivity contribution < 1.29 is 0 Å². The highest BCUT2D eigenvalue weighted by atomic mass is 32.1. The minimum atomic E-state index is 1.03. The number of nitrogens with zero attached hydrogens (tertiary/aromatic N) is 2. The first-order valence-electron chi connectivity index (χ1n) is 6.26. The summed E-state index contributed by atoms with van der Waals surface area (Å²) >= 11 is 1.66. The summed E-state index contributed by atoms with van der Waals surface area (Å²) in [6, 6.07) is 18.1. The fourth-order valence-electron chi connectivity index (χ4n) is 1.83. The number of H-pyrrole nitrogens is 1. The van der Waals surface area contributed by atoms with Crippen LogP contribution < -0.4 is 0 Å². The smallest absolute Gasteiger partial charge is 0.123 e. The summed E-state index contributed by atoms with van der Waals surface area (Å²) in [4.78, 5) is 11.3. The Morgan fingerprint density at radius 2 is 1.65 bits per heavy atom. The number of hydrogen-bond acceptors (Lipinski definition) is 3. The number of hydrogen-bond donors (Lipinski definition) is 1. The Morgan fingerprint density at radius 1 is 0.850 bits per heavy atom. The van der Waals surface area contributed by atoms with E-state index >= 15 is 0 Å². The third kappa shape index (κ3) is 2.92. The SMILES string of the molecule is c1ccc(-c2nccs2)cc1.c1ccc2[nH]cnc2c1. The van der Waals surface area contributed by atoms with E-state index in [-0.39, 0.29) is 0 Å². The maximum atomic E-state index is 4.20. The average molecular weight is 279 g/mol. The molecule has 4 heteroatoms. The van der Waals surface area contributed by atoms with Crippen molar-refractivity contribution in [2.45, 2.75) is 0 Å². The van der Waals surface area contributed by atoms with Crippen LogP contribution in [0.1, 0.15) is 0 Å². The van der Waals surface area contributed by atoms with Gasteiger partial charge in [-0.3, -0.25) is 0 Å². The second-order valence-corrected chi connectivity index (χ2v) is 5.02. The predicted octanol–water partition coefficient (Wildman–Crippen LogP) is 4.37. The van der Waals surface area contributed by atoms with Gasteiger partial charge in [0.15, 0.2) is 0 Å². The molecule has 4 aromatic rings. The summed E-state index contributed by atoms with van der Waals surface area (Å²) in [7, 11) is 0. The first kappa shape index (κ1) is 12.6. The van der Waals surface area contributed by atoms with E-state index < -0.39 is 0 Å². The minimum Gasteiger partial charge on any atom is -0.345 e. The maximum absolute atomic E-state index is 4.20. The first-order valence-corrected chi connectivity index (χ1v) is 7.14. The number of para-hydroxylation sites is 2. The lowest BCUT2D eigenvalue weighted by Crippen LogP contribution is -1.71. The molecule has 0 atom stereocenters. The predicted molar refractivity (Wildman–Crippen MR) is 83.6 cm³/mol. The van der Waals surface area contributed by atoms with E-state index in [1.165, 1.54) is 5.56 Å². The summed E-state index contributed by atoms with van der Waals surface area (Å²) in [5.74, 6) is 0. The normalized spacial score (nSPS) is 10.0. The van der Waals surface area contributed by atoms with Crippen molar-refractivity contribution in [3.63, 3.8) is 0 Å². The van der Waals surface area contributed by atoms with Crippen LogP contribution in [0.15, 0.2) is 72.5 Å². The quantitative estimate of drug-likeness (QED) is 0.562. The lowest BCUT2D eigenvalue weighted by Gasteiger charge is -1.91. The van der Waals surface area contributed by atoms with Crippen molar-refractivity contribution in [1.82, 2.24) is 15.0 Å². The summed E-state index contributed by atoms with van der Waals surface area (Å²) in [6.45, 7) is 0. The molecule has 3 nitrogen and oxygen atoms in total. The number of aromatic amines is 1. The molecule has 0 fully saturated rings. The van der Waals surface area contributed by atoms with Gasteiger partial charge in [0.25, 0.3) is 0 Å². The number of benzene rings is 2. The van der Waals surface area contributed by atoms with E-state index in [4.69, 9.17) is 0 Å². The Bertz CT molecular complexity index is 730. The molecule has 0 amide bonds. The number of rotatable bonds is 1. The van der Waals surface area contributed by atoms with E-state index in [1.807, 2.05) is 54.0 Å². The third-order valence-corrected chi connectivity index (χ3v) is 3.60. The number of fused-ring (bicyclic) bond motifs is 1. The molecule has 0 spiro atoms. The molecule has 20 heavy (non-hydrogen) atoms. The molecule has 2 heterocycles. The molecule has 0 aliphatic carbocycles. The zero-order valence-corrected chi connectivity index (χ0v) is 11.5. The number of nitrogens with one attached hydrogen (secondary N) is 1. The van der Waals surface area contributed by atoms with Crippen LogP contribution in [-0.4, -0.2) is 15.0 Å². The van der Waals surface area contributed by atoms with Gasteiger partial charge in [-0.25, -0.2) is 9.97 Å². The Kier molecular flexibility index (Phi) is 3.85. The van der Waals surface area contributed by atoms with Gasteiger partial charge < -0.3 is 4.98 Å². The molecule has 0 aliphatic rings. The standard InChI is InChI=1S/C9H7NS.C7H6N2/c1-2-4-8(5-3-1)9-10-6-7-11-9;1-2-4-7-6(3-1)8-5-9-7/h1-7H;1-5H,(H,8,9). The van der Waals surface area contributed by atoms with Crippen LogP contribution in [0, 0.1) is 0 Å². The Hall–Kier alpha value is -2.46. The zero-order chi connectivity index (χ0) is 13.6. The van der Waals surface area contributed by atoms with Crippen LogP contribution in [0.5, 0.6) is 0 Å². The van der Waals surface area contributed by atoms with Gasteiger partial charge >= 0.3 is 0 Å². The largest absolute Gasteiger partial charge is 0.345 e. The third-order valence-electron chi connectivity index (χ3n) is 2.78. The van der Waals surface area contributed by atoms with E-state index in [1.54, 1.807) is 17.7 Å². The first-order chi connectivity index (χ1) is 9.93. The number of thiazole rings is 1. The molecule has 0 aliphatic heterocycles. The van der Waals surface area contributed by atoms with E-state index in [9.17, 15) is 0 Å². The van der Waals surface area contributed by atoms with E-state index in [2.05, 4.69) is 27.1 Å². The van der Waals surface area contributed by atoms with Gasteiger partial charge in [0, 0.05) is 17.1 Å². The van der Waals surface area contributed by atoms with Gasteiger partial charge in [0.1, 0.15) is 5.01 Å². The van der Waals surface area contributed by atoms with Gasteiger partial charge in [-0.05, 0) is 12.1 Å². The van der Waals surface area contributed by atoms with Crippen molar-refractivity contribution in [3.05, 3.63) is 72.5 Å². The summed E-state index contributed by atoms with van der Waals surface area (Å²) in [6.07, 6.45) is 3.53. The van der Waals surface area contributed by atoms with E-state index in [0.29, 0.717) is 0 Å². The topological polar surface area (TPSA) is 41.6 Å². The minimum absolute atomic E-state index is 1.03. The van der Waals surface area contributed by atoms with E-state index in [0.717, 1.165) is 16.0 Å². The summed E-state index contributed by atoms with van der Waals surface area (Å²) < 4.78 is 0. The molecule has 0 unspecified atom stereocenters. The van der Waals surface area contributed by atoms with Gasteiger partial charge in [-0.1, -0.05) is 42.5 Å². The molecule has 0 saturated heterocycles. The fourth-order valence-corrected chi connectivity index (χ4v) is 2.47. The molecule has 2 aromatic carbocycles. The van der Waals surface area contributed by atoms with Crippen molar-refractivity contribution in [3.8, 4) is 10.6 Å². The number of imidazole rings is 1. The Labute approximate surface area is 121 Å². The molecule has 0 radical (unpaired) electrons. The average Bonchev–Trinajstić information content (AvgIpc) is 3.20. The lowest BCUT2D eigenvalue weighted by molar-refractivity contribution is 1.34. The lowest BCUT2D eigenvalue weighted by atomic mass is 10.2. The summed E-state index contributed by atoms with van der Waals surface area (Å²) in [5, 5.41) is 3.08. The summed E-state index contributed by atoms with van der Waals surface area (Å²) in [5.41, 5.74) is 3.32. The van der Waals surface area contributed by atoms with Crippen molar-refractivity contribution in [2.24, 2.45) is 0 Å². The molecule has 0 bridgehead atoms. The van der Waals surface area contributed by atoms with Crippen LogP contribution in [0.2, 0.25) is 0 Å². The number of aromatic nitrogens is 3. The van der Waals surface area contributed by atoms with Crippen LogP contribution in [0.25, 0.3) is 21.6 Å². The Morgan fingerprint density at radius 3 is 2.40 bits per heavy atom. The van der Waals surface area contributed by atoms with Crippen molar-refractivity contribution >= 4 is 22.4 Å². The van der Waals surface area contributed by atoms with Crippen LogP contribution in [0.3, 0.4) is 0 Å². The highest BCUT2D eigenvalue weighted by molar-refractivity contribution is 7.13. The van der Waals surface area contributed by atoms with Gasteiger partial charge in [-0.2, -0.15) is 0 Å².